The first-order valence-electron chi connectivity index (χ1n) is 8.53. The number of rotatable bonds is 7. The maximum atomic E-state index is 5.55. The zero-order chi connectivity index (χ0) is 16.1. The van der Waals surface area contributed by atoms with E-state index in [1.54, 1.807) is 7.11 Å². The lowest BCUT2D eigenvalue weighted by atomic mass is 9.93. The Morgan fingerprint density at radius 3 is 2.55 bits per heavy atom. The second-order valence-electron chi connectivity index (χ2n) is 6.41. The fourth-order valence-corrected chi connectivity index (χ4v) is 3.16. The van der Waals surface area contributed by atoms with E-state index in [2.05, 4.69) is 45.9 Å². The van der Waals surface area contributed by atoms with Gasteiger partial charge in [0.05, 0.1) is 7.11 Å². The highest BCUT2D eigenvalue weighted by molar-refractivity contribution is 5.88. The van der Waals surface area contributed by atoms with Gasteiger partial charge < -0.3 is 4.74 Å². The second-order valence-corrected chi connectivity index (χ2v) is 6.41. The van der Waals surface area contributed by atoms with Crippen LogP contribution in [-0.2, 0) is 6.42 Å². The van der Waals surface area contributed by atoms with Gasteiger partial charge in [0.25, 0.3) is 0 Å². The minimum absolute atomic E-state index is 0.737. The summed E-state index contributed by atoms with van der Waals surface area (Å²) in [5, 5.41) is 1.21. The molecule has 0 aliphatic heterocycles. The van der Waals surface area contributed by atoms with Gasteiger partial charge in [0.2, 0.25) is 0 Å². The molecule has 1 atom stereocenters. The molecular formula is C20H29NO. The molecule has 2 rings (SSSR count). The van der Waals surface area contributed by atoms with E-state index in [-0.39, 0.29) is 0 Å². The summed E-state index contributed by atoms with van der Waals surface area (Å²) in [5.74, 6) is 1.63. The summed E-state index contributed by atoms with van der Waals surface area (Å²) in [6, 6.07) is 6.54. The average Bonchev–Trinajstić information content (AvgIpc) is 2.51. The molecule has 0 saturated heterocycles. The SMILES string of the molecule is CCCCC(CC)Cc1cc(C)c2cc(C)cc(OC)c2n1. The lowest BCUT2D eigenvalue weighted by Crippen LogP contribution is -2.06. The van der Waals surface area contributed by atoms with E-state index in [0.717, 1.165) is 23.6 Å². The predicted octanol–water partition coefficient (Wildman–Crippen LogP) is 5.62. The topological polar surface area (TPSA) is 22.1 Å². The number of unbranched alkanes of at least 4 members (excludes halogenated alkanes) is 1. The summed E-state index contributed by atoms with van der Waals surface area (Å²) < 4.78 is 5.55. The summed E-state index contributed by atoms with van der Waals surface area (Å²) >= 11 is 0. The van der Waals surface area contributed by atoms with E-state index in [4.69, 9.17) is 9.72 Å². The van der Waals surface area contributed by atoms with Crippen molar-refractivity contribution in [2.75, 3.05) is 7.11 Å². The van der Waals surface area contributed by atoms with E-state index in [1.807, 2.05) is 0 Å². The predicted molar refractivity (Wildman–Crippen MR) is 94.8 cm³/mol. The van der Waals surface area contributed by atoms with Crippen molar-refractivity contribution in [1.29, 1.82) is 0 Å². The van der Waals surface area contributed by atoms with Crippen LogP contribution in [0.25, 0.3) is 10.9 Å². The number of fused-ring (bicyclic) bond motifs is 1. The second kappa shape index (κ2) is 7.62. The Kier molecular flexibility index (Phi) is 5.82. The Morgan fingerprint density at radius 2 is 1.91 bits per heavy atom. The number of nitrogens with zero attached hydrogens (tertiary/aromatic N) is 1. The van der Waals surface area contributed by atoms with Crippen molar-refractivity contribution in [1.82, 2.24) is 4.98 Å². The van der Waals surface area contributed by atoms with Gasteiger partial charge in [-0.3, -0.25) is 0 Å². The summed E-state index contributed by atoms with van der Waals surface area (Å²) in [7, 11) is 1.73. The molecule has 0 N–H and O–H groups in total. The van der Waals surface area contributed by atoms with Crippen LogP contribution in [0.3, 0.4) is 0 Å². The maximum Gasteiger partial charge on any atom is 0.145 e. The van der Waals surface area contributed by atoms with Crippen LogP contribution in [0.2, 0.25) is 0 Å². The smallest absolute Gasteiger partial charge is 0.145 e. The molecule has 0 aliphatic carbocycles. The zero-order valence-electron chi connectivity index (χ0n) is 14.7. The third kappa shape index (κ3) is 3.79. The number of hydrogen-bond acceptors (Lipinski definition) is 2. The Labute approximate surface area is 134 Å². The first kappa shape index (κ1) is 16.8. The summed E-state index contributed by atoms with van der Waals surface area (Å²) in [6.45, 7) is 8.84. The van der Waals surface area contributed by atoms with Crippen molar-refractivity contribution in [3.63, 3.8) is 0 Å². The molecule has 1 aromatic heterocycles. The fraction of sp³-hybridized carbons (Fsp3) is 0.550. The first-order chi connectivity index (χ1) is 10.6. The highest BCUT2D eigenvalue weighted by Crippen LogP contribution is 2.29. The number of aryl methyl sites for hydroxylation is 2. The number of methoxy groups -OCH3 is 1. The van der Waals surface area contributed by atoms with Crippen LogP contribution >= 0.6 is 0 Å². The first-order valence-corrected chi connectivity index (χ1v) is 8.53. The Hall–Kier alpha value is -1.57. The lowest BCUT2D eigenvalue weighted by Gasteiger charge is -2.16. The van der Waals surface area contributed by atoms with Crippen molar-refractivity contribution in [2.45, 2.75) is 59.8 Å². The monoisotopic (exact) mass is 299 g/mol. The summed E-state index contributed by atoms with van der Waals surface area (Å²) in [5.41, 5.74) is 4.73. The van der Waals surface area contributed by atoms with Gasteiger partial charge in [-0.25, -0.2) is 4.98 Å². The molecule has 0 bridgehead atoms. The molecule has 0 saturated carbocycles. The number of ether oxygens (including phenoxy) is 1. The highest BCUT2D eigenvalue weighted by Gasteiger charge is 2.12. The van der Waals surface area contributed by atoms with Crippen molar-refractivity contribution in [3.05, 3.63) is 35.0 Å². The minimum Gasteiger partial charge on any atom is -0.494 e. The van der Waals surface area contributed by atoms with E-state index in [0.29, 0.717) is 0 Å². The quantitative estimate of drug-likeness (QED) is 0.662. The molecule has 1 aromatic carbocycles. The molecule has 1 heterocycles. The summed E-state index contributed by atoms with van der Waals surface area (Å²) in [6.07, 6.45) is 6.19. The third-order valence-electron chi connectivity index (χ3n) is 4.54. The molecule has 2 aromatic rings. The molecule has 0 radical (unpaired) electrons. The van der Waals surface area contributed by atoms with Crippen LogP contribution in [0, 0.1) is 19.8 Å². The van der Waals surface area contributed by atoms with Crippen LogP contribution in [0.5, 0.6) is 5.75 Å². The molecule has 0 amide bonds. The Morgan fingerprint density at radius 1 is 1.14 bits per heavy atom. The van der Waals surface area contributed by atoms with Gasteiger partial charge in [-0.2, -0.15) is 0 Å². The van der Waals surface area contributed by atoms with E-state index in [9.17, 15) is 0 Å². The standard InChI is InChI=1S/C20H29NO/c1-6-8-9-16(7-2)13-17-12-15(4)18-10-14(3)11-19(22-5)20(18)21-17/h10-12,16H,6-9,13H2,1-5H3. The van der Waals surface area contributed by atoms with Crippen LogP contribution < -0.4 is 4.74 Å². The normalized spacial score (nSPS) is 12.6. The van der Waals surface area contributed by atoms with Crippen molar-refractivity contribution in [3.8, 4) is 5.75 Å². The van der Waals surface area contributed by atoms with Crippen LogP contribution in [0.4, 0.5) is 0 Å². The number of aromatic nitrogens is 1. The maximum absolute atomic E-state index is 5.55. The Balaban J connectivity index is 2.37. The molecule has 2 nitrogen and oxygen atoms in total. The average molecular weight is 299 g/mol. The summed E-state index contributed by atoms with van der Waals surface area (Å²) in [4.78, 5) is 4.92. The van der Waals surface area contributed by atoms with Crippen molar-refractivity contribution < 1.29 is 4.74 Å². The molecule has 22 heavy (non-hydrogen) atoms. The van der Waals surface area contributed by atoms with Crippen LogP contribution in [0.15, 0.2) is 18.2 Å². The van der Waals surface area contributed by atoms with E-state index in [1.165, 1.54) is 47.9 Å². The molecule has 0 spiro atoms. The van der Waals surface area contributed by atoms with Gasteiger partial charge in [-0.05, 0) is 55.5 Å². The molecular weight excluding hydrogens is 270 g/mol. The molecule has 0 fully saturated rings. The van der Waals surface area contributed by atoms with Crippen molar-refractivity contribution in [2.24, 2.45) is 5.92 Å². The van der Waals surface area contributed by atoms with Gasteiger partial charge in [-0.1, -0.05) is 39.5 Å². The van der Waals surface area contributed by atoms with Gasteiger partial charge >= 0.3 is 0 Å². The molecule has 1 unspecified atom stereocenters. The van der Waals surface area contributed by atoms with Gasteiger partial charge in [0.15, 0.2) is 0 Å². The van der Waals surface area contributed by atoms with Crippen molar-refractivity contribution >= 4 is 10.9 Å². The van der Waals surface area contributed by atoms with E-state index < -0.39 is 0 Å². The van der Waals surface area contributed by atoms with Crippen LogP contribution in [0.1, 0.15) is 56.4 Å². The number of benzene rings is 1. The highest BCUT2D eigenvalue weighted by atomic mass is 16.5. The largest absolute Gasteiger partial charge is 0.494 e. The van der Waals surface area contributed by atoms with Gasteiger partial charge in [0.1, 0.15) is 11.3 Å². The van der Waals surface area contributed by atoms with Crippen LogP contribution in [-0.4, -0.2) is 12.1 Å². The fourth-order valence-electron chi connectivity index (χ4n) is 3.16. The zero-order valence-corrected chi connectivity index (χ0v) is 14.7. The molecule has 0 aliphatic rings. The van der Waals surface area contributed by atoms with E-state index >= 15 is 0 Å². The Bertz CT molecular complexity index is 633. The van der Waals surface area contributed by atoms with Gasteiger partial charge in [0, 0.05) is 11.1 Å². The third-order valence-corrected chi connectivity index (χ3v) is 4.54. The minimum atomic E-state index is 0.737. The molecule has 2 heteroatoms. The molecule has 120 valence electrons. The lowest BCUT2D eigenvalue weighted by molar-refractivity contribution is 0.418. The number of pyridine rings is 1. The number of hydrogen-bond donors (Lipinski definition) is 0. The van der Waals surface area contributed by atoms with Gasteiger partial charge in [-0.15, -0.1) is 0 Å².